The molecule has 0 saturated carbocycles. The molecule has 0 spiro atoms. The van der Waals surface area contributed by atoms with Gasteiger partial charge in [-0.3, -0.25) is 4.79 Å². The van der Waals surface area contributed by atoms with Gasteiger partial charge in [-0.2, -0.15) is 8.78 Å². The summed E-state index contributed by atoms with van der Waals surface area (Å²) in [6, 6.07) is 5.96. The van der Waals surface area contributed by atoms with E-state index in [0.717, 1.165) is 5.56 Å². The van der Waals surface area contributed by atoms with Crippen molar-refractivity contribution in [2.24, 2.45) is 11.7 Å². The molecule has 1 rings (SSSR count). The Morgan fingerprint density at radius 2 is 1.90 bits per heavy atom. The number of amides is 1. The second-order valence-electron chi connectivity index (χ2n) is 4.91. The second-order valence-corrected chi connectivity index (χ2v) is 4.91. The Balaban J connectivity index is 2.40. The van der Waals surface area contributed by atoms with E-state index in [1.165, 1.54) is 12.1 Å². The van der Waals surface area contributed by atoms with Crippen molar-refractivity contribution >= 4 is 5.91 Å². The molecule has 20 heavy (non-hydrogen) atoms. The highest BCUT2D eigenvalue weighted by molar-refractivity contribution is 5.76. The summed E-state index contributed by atoms with van der Waals surface area (Å²) in [5.74, 6) is 0.211. The van der Waals surface area contributed by atoms with Crippen molar-refractivity contribution in [3.05, 3.63) is 29.8 Å². The Morgan fingerprint density at radius 1 is 1.30 bits per heavy atom. The predicted octanol–water partition coefficient (Wildman–Crippen LogP) is 2.28. The molecule has 4 nitrogen and oxygen atoms in total. The maximum absolute atomic E-state index is 12.0. The minimum absolute atomic E-state index is 0.0944. The topological polar surface area (TPSA) is 64.4 Å². The third-order valence-electron chi connectivity index (χ3n) is 2.92. The molecule has 3 N–H and O–H groups in total. The van der Waals surface area contributed by atoms with Crippen LogP contribution in [-0.2, 0) is 11.3 Å². The van der Waals surface area contributed by atoms with E-state index in [4.69, 9.17) is 5.73 Å². The van der Waals surface area contributed by atoms with Crippen molar-refractivity contribution in [3.8, 4) is 5.75 Å². The zero-order chi connectivity index (χ0) is 15.1. The first-order valence-electron chi connectivity index (χ1n) is 6.44. The van der Waals surface area contributed by atoms with Gasteiger partial charge in [-0.05, 0) is 23.6 Å². The lowest BCUT2D eigenvalue weighted by Crippen LogP contribution is -2.34. The van der Waals surface area contributed by atoms with Crippen LogP contribution in [0, 0.1) is 5.92 Å². The Bertz CT molecular complexity index is 422. The average molecular weight is 286 g/mol. The van der Waals surface area contributed by atoms with Gasteiger partial charge in [0, 0.05) is 19.0 Å². The van der Waals surface area contributed by atoms with Crippen LogP contribution in [0.25, 0.3) is 0 Å². The van der Waals surface area contributed by atoms with E-state index in [0.29, 0.717) is 6.54 Å². The van der Waals surface area contributed by atoms with E-state index < -0.39 is 6.61 Å². The van der Waals surface area contributed by atoms with Gasteiger partial charge >= 0.3 is 6.61 Å². The van der Waals surface area contributed by atoms with Crippen molar-refractivity contribution in [2.45, 2.75) is 39.5 Å². The third kappa shape index (κ3) is 5.97. The van der Waals surface area contributed by atoms with Gasteiger partial charge in [0.2, 0.25) is 5.91 Å². The number of hydrogen-bond acceptors (Lipinski definition) is 3. The largest absolute Gasteiger partial charge is 0.435 e. The maximum atomic E-state index is 12.0. The summed E-state index contributed by atoms with van der Waals surface area (Å²) < 4.78 is 28.2. The summed E-state index contributed by atoms with van der Waals surface area (Å²) in [4.78, 5) is 11.6. The number of hydrogen-bond donors (Lipinski definition) is 2. The van der Waals surface area contributed by atoms with Crippen LogP contribution < -0.4 is 15.8 Å². The zero-order valence-corrected chi connectivity index (χ0v) is 11.6. The van der Waals surface area contributed by atoms with Crippen LogP contribution in [0.1, 0.15) is 25.8 Å². The predicted molar refractivity (Wildman–Crippen MR) is 72.4 cm³/mol. The van der Waals surface area contributed by atoms with Crippen molar-refractivity contribution in [1.29, 1.82) is 0 Å². The van der Waals surface area contributed by atoms with E-state index >= 15 is 0 Å². The number of ether oxygens (including phenoxy) is 1. The fraction of sp³-hybridized carbons (Fsp3) is 0.500. The molecule has 1 aromatic carbocycles. The van der Waals surface area contributed by atoms with Crippen LogP contribution in [0.4, 0.5) is 8.78 Å². The molecule has 1 amide bonds. The Kier molecular flexibility index (Phi) is 6.38. The molecule has 0 fully saturated rings. The van der Waals surface area contributed by atoms with Crippen LogP contribution in [0.15, 0.2) is 24.3 Å². The monoisotopic (exact) mass is 286 g/mol. The van der Waals surface area contributed by atoms with Crippen LogP contribution in [-0.4, -0.2) is 18.6 Å². The molecule has 0 bridgehead atoms. The number of carbonyl (C=O) groups excluding carboxylic acids is 1. The van der Waals surface area contributed by atoms with Crippen LogP contribution in [0.2, 0.25) is 0 Å². The molecule has 0 aromatic heterocycles. The standard InChI is InChI=1S/C14H20F2N2O2/c1-9(2)12(17)7-13(19)18-8-10-3-5-11(6-4-10)20-14(15)16/h3-6,9,12,14H,7-8,17H2,1-2H3,(H,18,19). The number of halogens is 2. The third-order valence-corrected chi connectivity index (χ3v) is 2.92. The highest BCUT2D eigenvalue weighted by Gasteiger charge is 2.12. The average Bonchev–Trinajstić information content (AvgIpc) is 2.37. The van der Waals surface area contributed by atoms with Gasteiger partial charge in [-0.15, -0.1) is 0 Å². The molecule has 1 unspecified atom stereocenters. The molecule has 6 heteroatoms. The first kappa shape index (κ1) is 16.4. The molecule has 0 heterocycles. The molecule has 0 saturated heterocycles. The number of nitrogens with one attached hydrogen (secondary N) is 1. The van der Waals surface area contributed by atoms with E-state index in [2.05, 4.69) is 10.1 Å². The summed E-state index contributed by atoms with van der Waals surface area (Å²) in [7, 11) is 0. The lowest BCUT2D eigenvalue weighted by atomic mass is 10.0. The number of alkyl halides is 2. The molecule has 112 valence electrons. The Hall–Kier alpha value is -1.69. The molecule has 1 atom stereocenters. The lowest BCUT2D eigenvalue weighted by Gasteiger charge is -2.15. The molecule has 0 radical (unpaired) electrons. The van der Waals surface area contributed by atoms with Crippen LogP contribution in [0.3, 0.4) is 0 Å². The minimum atomic E-state index is -2.84. The number of carbonyl (C=O) groups is 1. The van der Waals surface area contributed by atoms with Crippen molar-refractivity contribution in [3.63, 3.8) is 0 Å². The van der Waals surface area contributed by atoms with E-state index in [-0.39, 0.29) is 30.0 Å². The van der Waals surface area contributed by atoms with Crippen LogP contribution in [0.5, 0.6) is 5.75 Å². The SMILES string of the molecule is CC(C)C(N)CC(=O)NCc1ccc(OC(F)F)cc1. The van der Waals surface area contributed by atoms with Crippen molar-refractivity contribution < 1.29 is 18.3 Å². The molecule has 0 aliphatic rings. The van der Waals surface area contributed by atoms with Gasteiger partial charge < -0.3 is 15.8 Å². The maximum Gasteiger partial charge on any atom is 0.387 e. The number of rotatable bonds is 7. The van der Waals surface area contributed by atoms with Gasteiger partial charge in [-0.25, -0.2) is 0 Å². The Morgan fingerprint density at radius 3 is 2.40 bits per heavy atom. The van der Waals surface area contributed by atoms with E-state index in [9.17, 15) is 13.6 Å². The first-order valence-corrected chi connectivity index (χ1v) is 6.44. The normalized spacial score (nSPS) is 12.6. The van der Waals surface area contributed by atoms with E-state index in [1.807, 2.05) is 13.8 Å². The molecule has 0 aliphatic carbocycles. The minimum Gasteiger partial charge on any atom is -0.435 e. The number of benzene rings is 1. The van der Waals surface area contributed by atoms with E-state index in [1.54, 1.807) is 12.1 Å². The zero-order valence-electron chi connectivity index (χ0n) is 11.6. The first-order chi connectivity index (χ1) is 9.38. The Labute approximate surface area is 117 Å². The van der Waals surface area contributed by atoms with Crippen LogP contribution >= 0.6 is 0 Å². The fourth-order valence-electron chi connectivity index (χ4n) is 1.51. The molecular weight excluding hydrogens is 266 g/mol. The summed E-state index contributed by atoms with van der Waals surface area (Å²) in [5, 5.41) is 2.74. The fourth-order valence-corrected chi connectivity index (χ4v) is 1.51. The van der Waals surface area contributed by atoms with Gasteiger partial charge in [0.05, 0.1) is 0 Å². The van der Waals surface area contributed by atoms with Gasteiger partial charge in [0.25, 0.3) is 0 Å². The number of nitrogens with two attached hydrogens (primary N) is 1. The smallest absolute Gasteiger partial charge is 0.387 e. The summed E-state index contributed by atoms with van der Waals surface area (Å²) in [5.41, 5.74) is 6.61. The molecular formula is C14H20F2N2O2. The van der Waals surface area contributed by atoms with Gasteiger partial charge in [0.1, 0.15) is 5.75 Å². The lowest BCUT2D eigenvalue weighted by molar-refractivity contribution is -0.121. The molecule has 1 aromatic rings. The second kappa shape index (κ2) is 7.79. The summed E-state index contributed by atoms with van der Waals surface area (Å²) in [6.07, 6.45) is 0.268. The summed E-state index contributed by atoms with van der Waals surface area (Å²) >= 11 is 0. The highest BCUT2D eigenvalue weighted by Crippen LogP contribution is 2.14. The molecule has 0 aliphatic heterocycles. The van der Waals surface area contributed by atoms with Gasteiger partial charge in [-0.1, -0.05) is 26.0 Å². The van der Waals surface area contributed by atoms with Crippen molar-refractivity contribution in [2.75, 3.05) is 0 Å². The quantitative estimate of drug-likeness (QED) is 0.808. The van der Waals surface area contributed by atoms with Crippen molar-refractivity contribution in [1.82, 2.24) is 5.32 Å². The van der Waals surface area contributed by atoms with Gasteiger partial charge in [0.15, 0.2) is 0 Å². The highest BCUT2D eigenvalue weighted by atomic mass is 19.3. The summed E-state index contributed by atoms with van der Waals surface area (Å²) in [6.45, 7) is 1.41.